The van der Waals surface area contributed by atoms with Gasteiger partial charge < -0.3 is 5.11 Å². The minimum atomic E-state index is -0.926. The van der Waals surface area contributed by atoms with Crippen LogP contribution in [0.2, 0.25) is 0 Å². The Bertz CT molecular complexity index is 1160. The molecule has 0 spiro atoms. The zero-order chi connectivity index (χ0) is 18.6. The molecule has 0 aliphatic rings. The molecule has 27 heavy (non-hydrogen) atoms. The molecule has 1 heterocycles. The molecular weight excluding hydrogens is 334 g/mol. The summed E-state index contributed by atoms with van der Waals surface area (Å²) in [6, 6.07) is 26.3. The smallest absolute Gasteiger partial charge is 0.328 e. The predicted molar refractivity (Wildman–Crippen MR) is 110 cm³/mol. The monoisotopic (exact) mass is 353 g/mol. The van der Waals surface area contributed by atoms with Crippen molar-refractivity contribution in [2.24, 2.45) is 0 Å². The molecule has 0 radical (unpaired) electrons. The van der Waals surface area contributed by atoms with Gasteiger partial charge in [0.2, 0.25) is 0 Å². The lowest BCUT2D eigenvalue weighted by Crippen LogP contribution is -1.97. The van der Waals surface area contributed by atoms with Crippen LogP contribution in [0.25, 0.3) is 27.2 Å². The third-order valence-electron chi connectivity index (χ3n) is 4.72. The second-order valence-corrected chi connectivity index (χ2v) is 6.57. The first-order chi connectivity index (χ1) is 13.2. The molecule has 0 bridgehead atoms. The topological polar surface area (TPSA) is 50.2 Å². The van der Waals surface area contributed by atoms with Gasteiger partial charge >= 0.3 is 5.97 Å². The Labute approximate surface area is 157 Å². The van der Waals surface area contributed by atoms with Crippen molar-refractivity contribution in [1.29, 1.82) is 0 Å². The van der Waals surface area contributed by atoms with Gasteiger partial charge in [-0.05, 0) is 52.9 Å². The highest BCUT2D eigenvalue weighted by molar-refractivity contribution is 5.93. The number of hydrogen-bond donors (Lipinski definition) is 1. The van der Waals surface area contributed by atoms with Crippen LogP contribution in [0.15, 0.2) is 84.9 Å². The summed E-state index contributed by atoms with van der Waals surface area (Å²) in [5.74, 6) is -0.926. The number of fused-ring (bicyclic) bond motifs is 2. The number of allylic oxidation sites excluding steroid dienone is 1. The van der Waals surface area contributed by atoms with Crippen LogP contribution in [0.4, 0.5) is 0 Å². The summed E-state index contributed by atoms with van der Waals surface area (Å²) < 4.78 is 0. The zero-order valence-electron chi connectivity index (χ0n) is 14.8. The SMILES string of the molecule is O=C(O)C=C(CCc1ccc2ccccc2n1)c1ccc2ccccc2c1. The lowest BCUT2D eigenvalue weighted by molar-refractivity contribution is -0.131. The van der Waals surface area contributed by atoms with Crippen molar-refractivity contribution in [3.05, 3.63) is 96.2 Å². The van der Waals surface area contributed by atoms with Crippen molar-refractivity contribution in [3.8, 4) is 0 Å². The van der Waals surface area contributed by atoms with E-state index in [1.54, 1.807) is 0 Å². The lowest BCUT2D eigenvalue weighted by atomic mass is 9.96. The van der Waals surface area contributed by atoms with Gasteiger partial charge in [0.25, 0.3) is 0 Å². The summed E-state index contributed by atoms with van der Waals surface area (Å²) in [5, 5.41) is 12.7. The van der Waals surface area contributed by atoms with Crippen LogP contribution in [-0.2, 0) is 11.2 Å². The molecule has 0 saturated heterocycles. The van der Waals surface area contributed by atoms with E-state index in [0.29, 0.717) is 12.8 Å². The summed E-state index contributed by atoms with van der Waals surface area (Å²) in [4.78, 5) is 16.0. The van der Waals surface area contributed by atoms with Crippen molar-refractivity contribution in [2.75, 3.05) is 0 Å². The maximum Gasteiger partial charge on any atom is 0.328 e. The van der Waals surface area contributed by atoms with Crippen molar-refractivity contribution >= 4 is 33.2 Å². The largest absolute Gasteiger partial charge is 0.478 e. The average molecular weight is 353 g/mol. The van der Waals surface area contributed by atoms with Crippen LogP contribution < -0.4 is 0 Å². The molecule has 0 amide bonds. The van der Waals surface area contributed by atoms with E-state index >= 15 is 0 Å². The van der Waals surface area contributed by atoms with Crippen LogP contribution in [0.5, 0.6) is 0 Å². The van der Waals surface area contributed by atoms with E-state index in [4.69, 9.17) is 4.98 Å². The summed E-state index contributed by atoms with van der Waals surface area (Å²) in [5.41, 5.74) is 3.68. The Hall–Kier alpha value is -3.46. The van der Waals surface area contributed by atoms with E-state index in [1.807, 2.05) is 60.7 Å². The number of carboxylic acids is 1. The number of rotatable bonds is 5. The third kappa shape index (κ3) is 3.87. The van der Waals surface area contributed by atoms with Crippen molar-refractivity contribution < 1.29 is 9.90 Å². The number of carbonyl (C=O) groups is 1. The van der Waals surface area contributed by atoms with Gasteiger partial charge in [0, 0.05) is 17.2 Å². The van der Waals surface area contributed by atoms with Gasteiger partial charge in [-0.3, -0.25) is 4.98 Å². The molecule has 0 aliphatic carbocycles. The number of para-hydroxylation sites is 1. The highest BCUT2D eigenvalue weighted by atomic mass is 16.4. The molecular formula is C24H19NO2. The Kier molecular flexibility index (Phi) is 4.67. The van der Waals surface area contributed by atoms with E-state index in [0.717, 1.165) is 38.5 Å². The molecule has 3 aromatic carbocycles. The first-order valence-corrected chi connectivity index (χ1v) is 8.96. The third-order valence-corrected chi connectivity index (χ3v) is 4.72. The fourth-order valence-corrected chi connectivity index (χ4v) is 3.35. The predicted octanol–water partition coefficient (Wildman–Crippen LogP) is 5.49. The Morgan fingerprint density at radius 1 is 0.852 bits per heavy atom. The van der Waals surface area contributed by atoms with Crippen LogP contribution in [0, 0.1) is 0 Å². The number of aliphatic carboxylic acids is 1. The number of aryl methyl sites for hydroxylation is 1. The average Bonchev–Trinajstić information content (AvgIpc) is 2.70. The molecule has 4 rings (SSSR count). The normalized spacial score (nSPS) is 11.8. The number of carboxylic acid groups (broad SMARTS) is 1. The minimum absolute atomic E-state index is 0.621. The van der Waals surface area contributed by atoms with Gasteiger partial charge in [-0.15, -0.1) is 0 Å². The molecule has 0 unspecified atom stereocenters. The number of aromatic nitrogens is 1. The van der Waals surface area contributed by atoms with Gasteiger partial charge in [0.15, 0.2) is 0 Å². The minimum Gasteiger partial charge on any atom is -0.478 e. The summed E-state index contributed by atoms with van der Waals surface area (Å²) in [6.45, 7) is 0. The quantitative estimate of drug-likeness (QED) is 0.483. The van der Waals surface area contributed by atoms with Gasteiger partial charge in [0.1, 0.15) is 0 Å². The van der Waals surface area contributed by atoms with Gasteiger partial charge in [-0.2, -0.15) is 0 Å². The fourth-order valence-electron chi connectivity index (χ4n) is 3.35. The van der Waals surface area contributed by atoms with Gasteiger partial charge in [-0.25, -0.2) is 4.79 Å². The Morgan fingerprint density at radius 2 is 1.56 bits per heavy atom. The highest BCUT2D eigenvalue weighted by Gasteiger charge is 2.08. The number of nitrogens with zero attached hydrogens (tertiary/aromatic N) is 1. The maximum absolute atomic E-state index is 11.3. The maximum atomic E-state index is 11.3. The first kappa shape index (κ1) is 17.0. The van der Waals surface area contributed by atoms with E-state index in [1.165, 1.54) is 6.08 Å². The molecule has 0 aliphatic heterocycles. The number of benzene rings is 3. The summed E-state index contributed by atoms with van der Waals surface area (Å²) in [7, 11) is 0. The Balaban J connectivity index is 1.62. The van der Waals surface area contributed by atoms with Gasteiger partial charge in [0.05, 0.1) is 5.52 Å². The van der Waals surface area contributed by atoms with Crippen LogP contribution in [0.3, 0.4) is 0 Å². The summed E-state index contributed by atoms with van der Waals surface area (Å²) >= 11 is 0. The van der Waals surface area contributed by atoms with E-state index < -0.39 is 5.97 Å². The van der Waals surface area contributed by atoms with Crippen LogP contribution >= 0.6 is 0 Å². The number of hydrogen-bond acceptors (Lipinski definition) is 2. The molecule has 1 aromatic heterocycles. The van der Waals surface area contributed by atoms with Gasteiger partial charge in [-0.1, -0.05) is 60.7 Å². The number of pyridine rings is 1. The molecule has 3 heteroatoms. The van der Waals surface area contributed by atoms with E-state index in [9.17, 15) is 9.90 Å². The molecule has 132 valence electrons. The van der Waals surface area contributed by atoms with E-state index in [-0.39, 0.29) is 0 Å². The standard InChI is InChI=1S/C24H19NO2/c26-24(27)16-21(20-10-9-17-5-1-2-7-19(17)15-20)12-14-22-13-11-18-6-3-4-8-23(18)25-22/h1-11,13,15-16H,12,14H2,(H,26,27). The van der Waals surface area contributed by atoms with Crippen molar-refractivity contribution in [2.45, 2.75) is 12.8 Å². The molecule has 0 fully saturated rings. The molecule has 0 atom stereocenters. The molecule has 3 nitrogen and oxygen atoms in total. The van der Waals surface area contributed by atoms with E-state index in [2.05, 4.69) is 18.2 Å². The second-order valence-electron chi connectivity index (χ2n) is 6.57. The van der Waals surface area contributed by atoms with Crippen molar-refractivity contribution in [3.63, 3.8) is 0 Å². The lowest BCUT2D eigenvalue weighted by Gasteiger charge is -2.09. The fraction of sp³-hybridized carbons (Fsp3) is 0.0833. The second kappa shape index (κ2) is 7.42. The summed E-state index contributed by atoms with van der Waals surface area (Å²) in [6.07, 6.45) is 2.62. The molecule has 1 N–H and O–H groups in total. The van der Waals surface area contributed by atoms with Crippen LogP contribution in [-0.4, -0.2) is 16.1 Å². The first-order valence-electron chi connectivity index (χ1n) is 8.96. The van der Waals surface area contributed by atoms with Crippen molar-refractivity contribution in [1.82, 2.24) is 4.98 Å². The molecule has 4 aromatic rings. The Morgan fingerprint density at radius 3 is 2.37 bits per heavy atom. The molecule has 0 saturated carbocycles. The van der Waals surface area contributed by atoms with Crippen LogP contribution in [0.1, 0.15) is 17.7 Å². The zero-order valence-corrected chi connectivity index (χ0v) is 14.8. The highest BCUT2D eigenvalue weighted by Crippen LogP contribution is 2.25.